The van der Waals surface area contributed by atoms with Gasteiger partial charge in [0.25, 0.3) is 0 Å². The number of benzene rings is 1. The molecule has 2 saturated carbocycles. The molecule has 3 heteroatoms. The van der Waals surface area contributed by atoms with Gasteiger partial charge >= 0.3 is 0 Å². The van der Waals surface area contributed by atoms with Gasteiger partial charge in [-0.05, 0) is 98.1 Å². The summed E-state index contributed by atoms with van der Waals surface area (Å²) in [5, 5.41) is 0. The average Bonchev–Trinajstić information content (AvgIpc) is 3.39. The number of ketones is 1. The quantitative estimate of drug-likeness (QED) is 0.558. The number of carbonyl (C=O) groups is 1. The largest absolute Gasteiger partial charge is 0.378 e. The van der Waals surface area contributed by atoms with Crippen molar-refractivity contribution in [1.82, 2.24) is 0 Å². The Kier molecular flexibility index (Phi) is 4.74. The zero-order valence-electron chi connectivity index (χ0n) is 20.0. The van der Waals surface area contributed by atoms with Gasteiger partial charge in [-0.3, -0.25) is 4.79 Å². The van der Waals surface area contributed by atoms with Crippen LogP contribution < -0.4 is 4.90 Å². The second kappa shape index (κ2) is 7.32. The summed E-state index contributed by atoms with van der Waals surface area (Å²) in [6, 6.07) is 9.31. The number of carbonyl (C=O) groups excluding carboxylic acids is 1. The third-order valence-corrected chi connectivity index (χ3v) is 9.94. The monoisotopic (exact) mass is 431 g/mol. The van der Waals surface area contributed by atoms with Gasteiger partial charge in [0.05, 0.1) is 5.60 Å². The van der Waals surface area contributed by atoms with Crippen molar-refractivity contribution in [2.45, 2.75) is 76.2 Å². The molecule has 5 atom stereocenters. The van der Waals surface area contributed by atoms with Gasteiger partial charge in [-0.1, -0.05) is 24.6 Å². The van der Waals surface area contributed by atoms with E-state index in [-0.39, 0.29) is 11.0 Å². The fourth-order valence-electron chi connectivity index (χ4n) is 8.39. The van der Waals surface area contributed by atoms with Crippen molar-refractivity contribution in [3.63, 3.8) is 0 Å². The van der Waals surface area contributed by atoms with Crippen LogP contribution in [-0.4, -0.2) is 32.1 Å². The second-order valence-corrected chi connectivity index (χ2v) is 11.5. The minimum atomic E-state index is 0.0916. The molecule has 4 aliphatic carbocycles. The van der Waals surface area contributed by atoms with Crippen LogP contribution in [0.1, 0.15) is 76.2 Å². The number of rotatable bonds is 2. The van der Waals surface area contributed by atoms with E-state index < -0.39 is 0 Å². The molecule has 6 rings (SSSR count). The lowest BCUT2D eigenvalue weighted by molar-refractivity contribution is -0.114. The third kappa shape index (κ3) is 2.86. The van der Waals surface area contributed by atoms with E-state index in [1.165, 1.54) is 55.3 Å². The highest BCUT2D eigenvalue weighted by molar-refractivity contribution is 5.93. The number of fused-ring (bicyclic) bond motifs is 5. The molecule has 0 aromatic heterocycles. The number of allylic oxidation sites excluding steroid dienone is 4. The van der Waals surface area contributed by atoms with Crippen LogP contribution in [0.25, 0.3) is 0 Å². The van der Waals surface area contributed by atoms with Crippen LogP contribution >= 0.6 is 0 Å². The Balaban J connectivity index is 1.50. The van der Waals surface area contributed by atoms with Gasteiger partial charge in [-0.2, -0.15) is 0 Å². The molecule has 1 aliphatic heterocycles. The van der Waals surface area contributed by atoms with Crippen molar-refractivity contribution in [2.24, 2.45) is 17.3 Å². The van der Waals surface area contributed by atoms with Gasteiger partial charge in [0.1, 0.15) is 0 Å². The maximum absolute atomic E-state index is 12.2. The molecule has 1 aromatic rings. The van der Waals surface area contributed by atoms with Gasteiger partial charge in [0.15, 0.2) is 5.78 Å². The van der Waals surface area contributed by atoms with E-state index in [1.54, 1.807) is 11.1 Å². The first-order valence-electron chi connectivity index (χ1n) is 12.8. The summed E-state index contributed by atoms with van der Waals surface area (Å²) in [5.74, 6) is 2.15. The maximum Gasteiger partial charge on any atom is 0.156 e. The Labute approximate surface area is 192 Å². The van der Waals surface area contributed by atoms with Crippen molar-refractivity contribution in [3.05, 3.63) is 52.6 Å². The SMILES string of the molecule is CN(C)c1ccc([C@H]2C[C@]3(C)[C@@H](CCC34CCCO4)[C@@H]3CCC4=CC(=O)CCC4=C32)cc1. The zero-order chi connectivity index (χ0) is 22.1. The fraction of sp³-hybridized carbons (Fsp3) is 0.621. The van der Waals surface area contributed by atoms with Crippen molar-refractivity contribution in [2.75, 3.05) is 25.6 Å². The maximum atomic E-state index is 12.2. The van der Waals surface area contributed by atoms with E-state index in [9.17, 15) is 4.79 Å². The molecule has 0 radical (unpaired) electrons. The van der Waals surface area contributed by atoms with Crippen molar-refractivity contribution in [1.29, 1.82) is 0 Å². The number of hydrogen-bond donors (Lipinski definition) is 0. The summed E-state index contributed by atoms with van der Waals surface area (Å²) in [4.78, 5) is 14.4. The van der Waals surface area contributed by atoms with E-state index in [4.69, 9.17) is 4.74 Å². The number of hydrogen-bond acceptors (Lipinski definition) is 3. The fourth-order valence-corrected chi connectivity index (χ4v) is 8.39. The second-order valence-electron chi connectivity index (χ2n) is 11.5. The van der Waals surface area contributed by atoms with Crippen molar-refractivity contribution < 1.29 is 9.53 Å². The zero-order valence-corrected chi connectivity index (χ0v) is 20.0. The van der Waals surface area contributed by atoms with Crippen molar-refractivity contribution >= 4 is 11.5 Å². The summed E-state index contributed by atoms with van der Waals surface area (Å²) in [6.07, 6.45) is 12.1. The lowest BCUT2D eigenvalue weighted by atomic mass is 9.51. The Morgan fingerprint density at radius 1 is 1.03 bits per heavy atom. The van der Waals surface area contributed by atoms with Crippen LogP contribution in [0.4, 0.5) is 5.69 Å². The van der Waals surface area contributed by atoms with Crippen LogP contribution in [0.3, 0.4) is 0 Å². The molecule has 170 valence electrons. The van der Waals surface area contributed by atoms with E-state index in [0.29, 0.717) is 24.0 Å². The Hall–Kier alpha value is -1.87. The van der Waals surface area contributed by atoms with E-state index in [0.717, 1.165) is 25.4 Å². The predicted molar refractivity (Wildman–Crippen MR) is 129 cm³/mol. The molecule has 32 heavy (non-hydrogen) atoms. The van der Waals surface area contributed by atoms with Gasteiger partial charge in [0.2, 0.25) is 0 Å². The molecule has 0 bridgehead atoms. The molecule has 3 fully saturated rings. The van der Waals surface area contributed by atoms with Crippen molar-refractivity contribution in [3.8, 4) is 0 Å². The minimum Gasteiger partial charge on any atom is -0.378 e. The first-order chi connectivity index (χ1) is 15.4. The predicted octanol–water partition coefficient (Wildman–Crippen LogP) is 6.20. The van der Waals surface area contributed by atoms with Gasteiger partial charge in [-0.15, -0.1) is 0 Å². The molecule has 1 unspecified atom stereocenters. The highest BCUT2D eigenvalue weighted by Gasteiger charge is 2.64. The number of anilines is 1. The standard InChI is InChI=1S/C29H37NO2/c1-28-18-25(19-5-8-21(9-6-19)30(2)3)27-23-12-10-22(31)17-20(23)7-11-24(27)26(28)13-15-29(28)14-4-16-32-29/h5-6,8-9,17,24-26H,4,7,10-16,18H2,1-3H3/t24-,25+,26-,28+,29?/m0/s1. The van der Waals surface area contributed by atoms with Crippen LogP contribution in [-0.2, 0) is 9.53 Å². The minimum absolute atomic E-state index is 0.0916. The molecule has 1 saturated heterocycles. The van der Waals surface area contributed by atoms with Gasteiger partial charge < -0.3 is 9.64 Å². The smallest absolute Gasteiger partial charge is 0.156 e. The van der Waals surface area contributed by atoms with Crippen LogP contribution in [0.2, 0.25) is 0 Å². The third-order valence-electron chi connectivity index (χ3n) is 9.94. The average molecular weight is 432 g/mol. The molecule has 0 N–H and O–H groups in total. The lowest BCUT2D eigenvalue weighted by Gasteiger charge is -2.55. The Morgan fingerprint density at radius 3 is 2.56 bits per heavy atom. The van der Waals surface area contributed by atoms with E-state index >= 15 is 0 Å². The van der Waals surface area contributed by atoms with Crippen LogP contribution in [0.5, 0.6) is 0 Å². The molecule has 1 aromatic carbocycles. The summed E-state index contributed by atoms with van der Waals surface area (Å²) >= 11 is 0. The summed E-state index contributed by atoms with van der Waals surface area (Å²) in [7, 11) is 4.22. The summed E-state index contributed by atoms with van der Waals surface area (Å²) in [5.41, 5.74) is 7.66. The van der Waals surface area contributed by atoms with E-state index in [1.807, 2.05) is 6.08 Å². The Morgan fingerprint density at radius 2 is 1.84 bits per heavy atom. The molecule has 0 amide bonds. The molecular formula is C29H37NO2. The highest BCUT2D eigenvalue weighted by atomic mass is 16.5. The van der Waals surface area contributed by atoms with Gasteiger partial charge in [0, 0.05) is 44.1 Å². The van der Waals surface area contributed by atoms with Crippen LogP contribution in [0.15, 0.2) is 47.1 Å². The normalized spacial score (nSPS) is 38.4. The molecule has 1 spiro atoms. The summed E-state index contributed by atoms with van der Waals surface area (Å²) in [6.45, 7) is 3.52. The highest BCUT2D eigenvalue weighted by Crippen LogP contribution is 2.69. The first-order valence-corrected chi connectivity index (χ1v) is 12.8. The number of ether oxygens (including phenoxy) is 1. The van der Waals surface area contributed by atoms with E-state index in [2.05, 4.69) is 50.2 Å². The lowest BCUT2D eigenvalue weighted by Crippen LogP contribution is -2.51. The molecule has 1 heterocycles. The first kappa shape index (κ1) is 20.7. The number of nitrogens with zero attached hydrogens (tertiary/aromatic N) is 1. The molecular weight excluding hydrogens is 394 g/mol. The Bertz CT molecular complexity index is 994. The van der Waals surface area contributed by atoms with Crippen LogP contribution in [0, 0.1) is 17.3 Å². The van der Waals surface area contributed by atoms with Gasteiger partial charge in [-0.25, -0.2) is 0 Å². The molecule has 3 nitrogen and oxygen atoms in total. The summed E-state index contributed by atoms with van der Waals surface area (Å²) < 4.78 is 6.63. The molecule has 5 aliphatic rings. The topological polar surface area (TPSA) is 29.5 Å².